The van der Waals surface area contributed by atoms with E-state index in [2.05, 4.69) is 5.32 Å². The van der Waals surface area contributed by atoms with Crippen LogP contribution in [0.5, 0.6) is 5.75 Å². The summed E-state index contributed by atoms with van der Waals surface area (Å²) in [6, 6.07) is 14.2. The normalized spacial score (nSPS) is 15.4. The Kier molecular flexibility index (Phi) is 5.89. The van der Waals surface area contributed by atoms with Gasteiger partial charge in [0, 0.05) is 17.3 Å². The summed E-state index contributed by atoms with van der Waals surface area (Å²) in [4.78, 5) is 24.2. The molecule has 0 saturated heterocycles. The molecule has 152 valence electrons. The molecule has 7 nitrogen and oxygen atoms in total. The lowest BCUT2D eigenvalue weighted by molar-refractivity contribution is -0.153. The van der Waals surface area contributed by atoms with Crippen LogP contribution in [-0.4, -0.2) is 29.1 Å². The predicted molar refractivity (Wildman–Crippen MR) is 107 cm³/mol. The van der Waals surface area contributed by atoms with Gasteiger partial charge in [-0.1, -0.05) is 30.3 Å². The fourth-order valence-corrected chi connectivity index (χ4v) is 2.63. The molecule has 0 aromatic heterocycles. The van der Waals surface area contributed by atoms with Crippen molar-refractivity contribution in [3.63, 3.8) is 0 Å². The fraction of sp³-hybridized carbons (Fsp3) is 0.273. The minimum atomic E-state index is -1.46. The summed E-state index contributed by atoms with van der Waals surface area (Å²) < 4.78 is 15.9. The first kappa shape index (κ1) is 20.4. The van der Waals surface area contributed by atoms with Gasteiger partial charge in [-0.05, 0) is 44.5 Å². The van der Waals surface area contributed by atoms with Crippen molar-refractivity contribution in [3.8, 4) is 5.75 Å². The smallest absolute Gasteiger partial charge is 0.411 e. The van der Waals surface area contributed by atoms with Crippen molar-refractivity contribution in [2.45, 2.75) is 39.3 Å². The summed E-state index contributed by atoms with van der Waals surface area (Å²) in [5.41, 5.74) is 1.21. The first-order valence-electron chi connectivity index (χ1n) is 9.13. The summed E-state index contributed by atoms with van der Waals surface area (Å²) in [7, 11) is 0. The van der Waals surface area contributed by atoms with Crippen molar-refractivity contribution in [1.82, 2.24) is 0 Å². The van der Waals surface area contributed by atoms with Gasteiger partial charge >= 0.3 is 12.1 Å². The average Bonchev–Trinajstić information content (AvgIpc) is 2.65. The zero-order valence-electron chi connectivity index (χ0n) is 16.5. The van der Waals surface area contributed by atoms with E-state index in [1.807, 2.05) is 30.3 Å². The molecule has 1 unspecified atom stereocenters. The molecule has 7 heteroatoms. The van der Waals surface area contributed by atoms with Crippen molar-refractivity contribution in [2.24, 2.45) is 0 Å². The lowest BCUT2D eigenvalue weighted by Gasteiger charge is -2.26. The molecule has 2 aromatic carbocycles. The Bertz CT molecular complexity index is 930. The molecule has 0 spiro atoms. The highest BCUT2D eigenvalue weighted by Gasteiger charge is 2.30. The molecule has 1 aliphatic rings. The van der Waals surface area contributed by atoms with E-state index in [9.17, 15) is 14.7 Å². The van der Waals surface area contributed by atoms with E-state index in [1.165, 1.54) is 6.08 Å². The van der Waals surface area contributed by atoms with E-state index in [0.717, 1.165) is 5.56 Å². The third kappa shape index (κ3) is 5.58. The van der Waals surface area contributed by atoms with Gasteiger partial charge in [-0.25, -0.2) is 9.59 Å². The van der Waals surface area contributed by atoms with Gasteiger partial charge < -0.3 is 19.3 Å². The van der Waals surface area contributed by atoms with Gasteiger partial charge in [-0.15, -0.1) is 0 Å². The predicted octanol–water partition coefficient (Wildman–Crippen LogP) is 3.87. The van der Waals surface area contributed by atoms with Crippen LogP contribution >= 0.6 is 0 Å². The maximum absolute atomic E-state index is 12.2. The first-order valence-corrected chi connectivity index (χ1v) is 9.13. The van der Waals surface area contributed by atoms with Crippen LogP contribution in [0, 0.1) is 0 Å². The van der Waals surface area contributed by atoms with Crippen LogP contribution in [-0.2, 0) is 20.9 Å². The minimum Gasteiger partial charge on any atom is -0.460 e. The van der Waals surface area contributed by atoms with Gasteiger partial charge in [0.1, 0.15) is 23.5 Å². The molecular weight excluding hydrogens is 374 g/mol. The number of nitrogens with one attached hydrogen (secondary N) is 1. The summed E-state index contributed by atoms with van der Waals surface area (Å²) in [6.45, 7) is 5.37. The molecule has 0 radical (unpaired) electrons. The number of carbonyl (C=O) groups excluding carboxylic acids is 2. The second-order valence-electron chi connectivity index (χ2n) is 7.51. The molecule has 1 heterocycles. The summed E-state index contributed by atoms with van der Waals surface area (Å²) in [5, 5.41) is 12.8. The Balaban J connectivity index is 1.66. The lowest BCUT2D eigenvalue weighted by Crippen LogP contribution is -2.32. The molecule has 0 bridgehead atoms. The zero-order valence-corrected chi connectivity index (χ0v) is 16.5. The number of hydrogen-bond acceptors (Lipinski definition) is 6. The van der Waals surface area contributed by atoms with E-state index in [4.69, 9.17) is 14.2 Å². The van der Waals surface area contributed by atoms with Crippen LogP contribution in [0.1, 0.15) is 31.9 Å². The number of benzene rings is 2. The van der Waals surface area contributed by atoms with Crippen LogP contribution in [0.3, 0.4) is 0 Å². The zero-order chi connectivity index (χ0) is 21.0. The Hall–Kier alpha value is -3.32. The number of amides is 1. The number of esters is 1. The molecule has 1 aliphatic heterocycles. The highest BCUT2D eigenvalue weighted by Crippen LogP contribution is 2.32. The third-order valence-electron chi connectivity index (χ3n) is 3.92. The van der Waals surface area contributed by atoms with Gasteiger partial charge in [-0.3, -0.25) is 5.32 Å². The van der Waals surface area contributed by atoms with Crippen LogP contribution in [0.15, 0.2) is 54.1 Å². The van der Waals surface area contributed by atoms with E-state index >= 15 is 0 Å². The molecule has 3 rings (SSSR count). The van der Waals surface area contributed by atoms with E-state index in [1.54, 1.807) is 39.0 Å². The Labute approximate surface area is 168 Å². The maximum atomic E-state index is 12.2. The topological polar surface area (TPSA) is 94.1 Å². The number of anilines is 1. The van der Waals surface area contributed by atoms with Crippen LogP contribution < -0.4 is 10.1 Å². The number of aliphatic hydroxyl groups excluding tert-OH is 1. The molecule has 2 aromatic rings. The van der Waals surface area contributed by atoms with Gasteiger partial charge in [-0.2, -0.15) is 0 Å². The number of carbonyl (C=O) groups is 2. The molecule has 1 amide bonds. The van der Waals surface area contributed by atoms with Gasteiger partial charge in [0.15, 0.2) is 0 Å². The largest absolute Gasteiger partial charge is 0.460 e. The van der Waals surface area contributed by atoms with Crippen LogP contribution in [0.2, 0.25) is 0 Å². The summed E-state index contributed by atoms with van der Waals surface area (Å²) in [5.74, 6) is -0.326. The number of ether oxygens (including phenoxy) is 3. The van der Waals surface area contributed by atoms with Crippen molar-refractivity contribution in [1.29, 1.82) is 0 Å². The Morgan fingerprint density at radius 3 is 2.55 bits per heavy atom. The number of hydrogen-bond donors (Lipinski definition) is 2. The summed E-state index contributed by atoms with van der Waals surface area (Å²) in [6.07, 6.45) is -0.567. The average molecular weight is 397 g/mol. The second-order valence-corrected chi connectivity index (χ2v) is 7.51. The molecule has 1 atom stereocenters. The monoisotopic (exact) mass is 397 g/mol. The highest BCUT2D eigenvalue weighted by molar-refractivity contribution is 5.96. The van der Waals surface area contributed by atoms with Gasteiger partial charge in [0.2, 0.25) is 6.29 Å². The number of aliphatic hydroxyl groups is 1. The first-order chi connectivity index (χ1) is 13.7. The molecule has 0 fully saturated rings. The molecule has 2 N–H and O–H groups in total. The van der Waals surface area contributed by atoms with Gasteiger partial charge in [0.05, 0.1) is 0 Å². The van der Waals surface area contributed by atoms with Crippen molar-refractivity contribution >= 4 is 23.8 Å². The van der Waals surface area contributed by atoms with Gasteiger partial charge in [0.25, 0.3) is 0 Å². The fourth-order valence-electron chi connectivity index (χ4n) is 2.63. The summed E-state index contributed by atoms with van der Waals surface area (Å²) >= 11 is 0. The quantitative estimate of drug-likeness (QED) is 0.761. The number of rotatable bonds is 4. The standard InChI is InChI=1S/C22H23NO6/c1-22(2,3)29-20(25)17-11-15-9-10-16(12-18(15)28-19(17)24)23-21(26)27-13-14-7-5-4-6-8-14/h4-12,19,24H,13H2,1-3H3,(H,23,26). The second kappa shape index (κ2) is 8.36. The SMILES string of the molecule is CC(C)(C)OC(=O)C1=Cc2ccc(NC(=O)OCc3ccccc3)cc2OC1O. The molecule has 29 heavy (non-hydrogen) atoms. The third-order valence-corrected chi connectivity index (χ3v) is 3.92. The van der Waals surface area contributed by atoms with E-state index in [-0.39, 0.29) is 12.2 Å². The maximum Gasteiger partial charge on any atom is 0.411 e. The minimum absolute atomic E-state index is 0.00963. The van der Waals surface area contributed by atoms with Crippen molar-refractivity contribution in [2.75, 3.05) is 5.32 Å². The van der Waals surface area contributed by atoms with E-state index < -0.39 is 24.0 Å². The van der Waals surface area contributed by atoms with Crippen LogP contribution in [0.25, 0.3) is 6.08 Å². The van der Waals surface area contributed by atoms with E-state index in [0.29, 0.717) is 17.0 Å². The highest BCUT2D eigenvalue weighted by atomic mass is 16.6. The van der Waals surface area contributed by atoms with Crippen molar-refractivity contribution in [3.05, 3.63) is 65.2 Å². The van der Waals surface area contributed by atoms with Crippen LogP contribution in [0.4, 0.5) is 10.5 Å². The lowest BCUT2D eigenvalue weighted by atomic mass is 10.1. The molecular formula is C22H23NO6. The molecule has 0 aliphatic carbocycles. The Morgan fingerprint density at radius 2 is 1.86 bits per heavy atom. The number of fused-ring (bicyclic) bond motifs is 1. The Morgan fingerprint density at radius 1 is 1.14 bits per heavy atom. The van der Waals surface area contributed by atoms with Crippen molar-refractivity contribution < 1.29 is 28.9 Å². The molecule has 0 saturated carbocycles.